The number of rotatable bonds is 6. The predicted molar refractivity (Wildman–Crippen MR) is 167 cm³/mol. The van der Waals surface area contributed by atoms with Gasteiger partial charge in [0.2, 0.25) is 0 Å². The molecule has 218 valence electrons. The molecule has 0 saturated carbocycles. The van der Waals surface area contributed by atoms with E-state index in [0.717, 1.165) is 26.6 Å². The number of hydrogen-bond donors (Lipinski definition) is 1. The summed E-state index contributed by atoms with van der Waals surface area (Å²) in [6.45, 7) is 4.61. The van der Waals surface area contributed by atoms with Crippen LogP contribution in [0.2, 0.25) is 0 Å². The van der Waals surface area contributed by atoms with Gasteiger partial charge in [0.05, 0.1) is 4.90 Å². The van der Waals surface area contributed by atoms with Crippen molar-refractivity contribution in [2.24, 2.45) is 0 Å². The number of carbonyl (C=O) groups excluding carboxylic acids is 2. The summed E-state index contributed by atoms with van der Waals surface area (Å²) < 4.78 is 41.1. The quantitative estimate of drug-likeness (QED) is 0.0797. The van der Waals surface area contributed by atoms with Crippen molar-refractivity contribution < 1.29 is 32.0 Å². The molecule has 2 radical (unpaired) electrons. The van der Waals surface area contributed by atoms with Crippen molar-refractivity contribution in [3.8, 4) is 11.5 Å². The summed E-state index contributed by atoms with van der Waals surface area (Å²) in [7, 11) is -4.02. The van der Waals surface area contributed by atoms with E-state index in [-0.39, 0.29) is 22.8 Å². The summed E-state index contributed by atoms with van der Waals surface area (Å²) in [5, 5.41) is 2.36. The molecule has 7 nitrogen and oxygen atoms in total. The SMILES string of the molecule is CC(=O)Oc1ccc(C(c2ccc(OC(C)=O)cc2)c2ccc3ccccc3c2[As])cc1.Cc1ccc(S(=O)(=O)O)cc1. The Balaban J connectivity index is 0.000000324. The van der Waals surface area contributed by atoms with E-state index in [1.165, 1.54) is 36.8 Å². The van der Waals surface area contributed by atoms with Gasteiger partial charge >= 0.3 is 196 Å². The van der Waals surface area contributed by atoms with Crippen molar-refractivity contribution >= 4 is 54.0 Å². The van der Waals surface area contributed by atoms with Crippen LogP contribution in [-0.4, -0.2) is 41.8 Å². The van der Waals surface area contributed by atoms with Gasteiger partial charge in [-0.1, -0.05) is 17.7 Å². The summed E-state index contributed by atoms with van der Waals surface area (Å²) in [5.74, 6) is 0.263. The maximum absolute atomic E-state index is 11.3. The van der Waals surface area contributed by atoms with Gasteiger partial charge in [-0.3, -0.25) is 4.55 Å². The fourth-order valence-electron chi connectivity index (χ4n) is 4.56. The molecule has 0 spiro atoms. The Morgan fingerprint density at radius 2 is 1.19 bits per heavy atom. The number of benzene rings is 5. The third kappa shape index (κ3) is 8.42. The minimum absolute atomic E-state index is 0.0597. The number of esters is 2. The van der Waals surface area contributed by atoms with E-state index in [2.05, 4.69) is 41.1 Å². The second kappa shape index (κ2) is 13.8. The van der Waals surface area contributed by atoms with Crippen LogP contribution in [0.1, 0.15) is 42.0 Å². The summed E-state index contributed by atoms with van der Waals surface area (Å²) in [6, 6.07) is 33.7. The molecule has 0 aliphatic rings. The number of ether oxygens (including phenoxy) is 2. The van der Waals surface area contributed by atoms with E-state index in [4.69, 9.17) is 14.0 Å². The van der Waals surface area contributed by atoms with E-state index in [1.54, 1.807) is 12.1 Å². The monoisotopic (exact) mass is 656 g/mol. The fraction of sp³-hybridized carbons (Fsp3) is 0.118. The van der Waals surface area contributed by atoms with Gasteiger partial charge in [0, 0.05) is 0 Å². The molecule has 5 aromatic carbocycles. The van der Waals surface area contributed by atoms with Crippen LogP contribution in [0.25, 0.3) is 10.8 Å². The minimum atomic E-state index is -4.02. The van der Waals surface area contributed by atoms with Gasteiger partial charge in [-0.25, -0.2) is 0 Å². The van der Waals surface area contributed by atoms with Gasteiger partial charge in [-0.05, 0) is 19.1 Å². The first-order chi connectivity index (χ1) is 20.4. The van der Waals surface area contributed by atoms with Crippen molar-refractivity contribution in [1.29, 1.82) is 0 Å². The normalized spacial score (nSPS) is 11.0. The predicted octanol–water partition coefficient (Wildman–Crippen LogP) is 5.91. The van der Waals surface area contributed by atoms with Crippen molar-refractivity contribution in [2.75, 3.05) is 0 Å². The first kappa shape index (κ1) is 31.7. The molecule has 0 heterocycles. The topological polar surface area (TPSA) is 107 Å². The van der Waals surface area contributed by atoms with Gasteiger partial charge in [-0.2, -0.15) is 8.42 Å². The van der Waals surface area contributed by atoms with Crippen LogP contribution < -0.4 is 13.8 Å². The smallest absolute Gasteiger partial charge is 0.282 e. The van der Waals surface area contributed by atoms with Crippen molar-refractivity contribution in [2.45, 2.75) is 31.6 Å². The zero-order chi connectivity index (χ0) is 31.1. The number of hydrogen-bond acceptors (Lipinski definition) is 6. The molecule has 5 rings (SSSR count). The standard InChI is InChI=1S/C27H21AsO4.C7H8O3S/c1-17(29)31-22-12-7-20(8-13-22)26(21-9-14-23(15-10-21)32-18(2)30)25-16-11-19-5-3-4-6-24(19)27(25)28;1-6-2-4-7(5-3-6)11(8,9)10/h3-16,26H,1-2H3;2-5H,1H3,(H,8,9,10). The Labute approximate surface area is 259 Å². The minimum Gasteiger partial charge on any atom is -0.282 e. The maximum Gasteiger partial charge on any atom is 0.294 e. The van der Waals surface area contributed by atoms with Gasteiger partial charge in [-0.15, -0.1) is 0 Å². The molecule has 0 aromatic heterocycles. The molecule has 9 heteroatoms. The second-order valence-corrected chi connectivity index (χ2v) is 12.1. The Kier molecular flexibility index (Phi) is 10.2. The van der Waals surface area contributed by atoms with E-state index < -0.39 is 10.1 Å². The molecule has 5 aromatic rings. The van der Waals surface area contributed by atoms with Crippen molar-refractivity contribution in [3.63, 3.8) is 0 Å². The molecule has 0 amide bonds. The summed E-state index contributed by atoms with van der Waals surface area (Å²) in [4.78, 5) is 22.5. The Morgan fingerprint density at radius 1 is 0.698 bits per heavy atom. The van der Waals surface area contributed by atoms with Crippen LogP contribution in [0.4, 0.5) is 0 Å². The van der Waals surface area contributed by atoms with Crippen LogP contribution in [-0.2, 0) is 19.7 Å². The van der Waals surface area contributed by atoms with Gasteiger partial charge < -0.3 is 0 Å². The van der Waals surface area contributed by atoms with Gasteiger partial charge in [0.25, 0.3) is 10.1 Å². The van der Waals surface area contributed by atoms with Crippen LogP contribution in [0.5, 0.6) is 11.5 Å². The van der Waals surface area contributed by atoms with Gasteiger partial charge in [0.1, 0.15) is 0 Å². The third-order valence-electron chi connectivity index (χ3n) is 6.51. The zero-order valence-electron chi connectivity index (χ0n) is 23.7. The molecule has 0 aliphatic heterocycles. The number of carbonyl (C=O) groups is 2. The molecule has 0 atom stereocenters. The third-order valence-corrected chi connectivity index (χ3v) is 8.43. The summed E-state index contributed by atoms with van der Waals surface area (Å²) >= 11 is 2.71. The zero-order valence-corrected chi connectivity index (χ0v) is 26.4. The van der Waals surface area contributed by atoms with Crippen molar-refractivity contribution in [3.05, 3.63) is 131 Å². The van der Waals surface area contributed by atoms with E-state index in [9.17, 15) is 18.0 Å². The maximum atomic E-state index is 11.3. The molecule has 43 heavy (non-hydrogen) atoms. The Bertz CT molecular complexity index is 1790. The van der Waals surface area contributed by atoms with Crippen molar-refractivity contribution in [1.82, 2.24) is 0 Å². The average molecular weight is 657 g/mol. The summed E-state index contributed by atoms with van der Waals surface area (Å²) in [5.41, 5.74) is 4.23. The number of fused-ring (bicyclic) bond motifs is 1. The Morgan fingerprint density at radius 3 is 1.65 bits per heavy atom. The van der Waals surface area contributed by atoms with Crippen LogP contribution in [0, 0.1) is 6.92 Å². The first-order valence-corrected chi connectivity index (χ1v) is 15.6. The molecule has 0 saturated heterocycles. The summed E-state index contributed by atoms with van der Waals surface area (Å²) in [6.07, 6.45) is 0. The first-order valence-electron chi connectivity index (χ1n) is 13.2. The van der Waals surface area contributed by atoms with Crippen LogP contribution >= 0.6 is 0 Å². The van der Waals surface area contributed by atoms with E-state index in [1.807, 2.05) is 67.6 Å². The fourth-order valence-corrected chi connectivity index (χ4v) is 5.89. The molecular formula is C34H29AsO7S. The molecule has 0 fully saturated rings. The molecular weight excluding hydrogens is 627 g/mol. The molecule has 0 aliphatic carbocycles. The largest absolute Gasteiger partial charge is 0.294 e. The van der Waals surface area contributed by atoms with E-state index in [0.29, 0.717) is 11.5 Å². The second-order valence-electron chi connectivity index (χ2n) is 9.77. The Hall–Kier alpha value is -4.23. The molecule has 1 N–H and O–H groups in total. The number of aryl methyl sites for hydroxylation is 1. The molecule has 0 unspecified atom stereocenters. The average Bonchev–Trinajstić information content (AvgIpc) is 2.96. The van der Waals surface area contributed by atoms with Gasteiger partial charge in [0.15, 0.2) is 0 Å². The van der Waals surface area contributed by atoms with E-state index >= 15 is 0 Å². The van der Waals surface area contributed by atoms with Crippen LogP contribution in [0.3, 0.4) is 0 Å². The molecule has 0 bridgehead atoms. The van der Waals surface area contributed by atoms with Crippen LogP contribution in [0.15, 0.2) is 114 Å².